The van der Waals surface area contributed by atoms with Gasteiger partial charge in [-0.05, 0) is 38.1 Å². The average molecular weight is 482 g/mol. The molecule has 2 aromatic heterocycles. The minimum Gasteiger partial charge on any atom is -0.301 e. The molecule has 6 nitrogen and oxygen atoms in total. The van der Waals surface area contributed by atoms with Crippen LogP contribution in [0.25, 0.3) is 10.2 Å². The van der Waals surface area contributed by atoms with Gasteiger partial charge in [0.1, 0.15) is 5.82 Å². The number of para-hydroxylation sites is 1. The molecule has 0 spiro atoms. The number of fused-ring (bicyclic) bond motifs is 1. The number of benzene rings is 2. The normalized spacial score (nSPS) is 12.1. The smallest absolute Gasteiger partial charge is 0.239 e. The molecule has 0 saturated heterocycles. The second-order valence-electron chi connectivity index (χ2n) is 7.14. The van der Waals surface area contributed by atoms with Crippen molar-refractivity contribution >= 4 is 56.1 Å². The molecule has 1 atom stereocenters. The fourth-order valence-corrected chi connectivity index (χ4v) is 5.54. The Hall–Kier alpha value is -2.62. The first-order valence-corrected chi connectivity index (χ1v) is 12.8. The number of anilines is 1. The maximum Gasteiger partial charge on any atom is 0.239 e. The number of amides is 1. The lowest BCUT2D eigenvalue weighted by Gasteiger charge is -2.12. The topological polar surface area (TPSA) is 72.7 Å². The van der Waals surface area contributed by atoms with Crippen LogP contribution in [0, 0.1) is 6.92 Å². The molecule has 0 radical (unpaired) electrons. The zero-order valence-electron chi connectivity index (χ0n) is 17.8. The number of allylic oxidation sites excluding steroid dienone is 1. The lowest BCUT2D eigenvalue weighted by atomic mass is 10.2. The molecule has 0 aliphatic carbocycles. The first kappa shape index (κ1) is 22.6. The monoisotopic (exact) mass is 481 g/mol. The highest BCUT2D eigenvalue weighted by atomic mass is 32.2. The molecule has 4 rings (SSSR count). The second-order valence-corrected chi connectivity index (χ2v) is 10.5. The Labute approximate surface area is 199 Å². The number of carbonyl (C=O) groups excluding carboxylic acids is 1. The van der Waals surface area contributed by atoms with Crippen molar-refractivity contribution in [3.63, 3.8) is 0 Å². The number of aromatic nitrogens is 4. The first-order valence-electron chi connectivity index (χ1n) is 10.1. The molecule has 2 heterocycles. The van der Waals surface area contributed by atoms with E-state index in [0.29, 0.717) is 22.6 Å². The van der Waals surface area contributed by atoms with Gasteiger partial charge < -0.3 is 9.88 Å². The highest BCUT2D eigenvalue weighted by Gasteiger charge is 2.21. The van der Waals surface area contributed by atoms with Gasteiger partial charge in [0, 0.05) is 11.4 Å². The van der Waals surface area contributed by atoms with Crippen LogP contribution in [0.3, 0.4) is 0 Å². The van der Waals surface area contributed by atoms with Crippen molar-refractivity contribution in [3.05, 3.63) is 72.6 Å². The maximum atomic E-state index is 12.8. The number of hydrogen-bond donors (Lipinski definition) is 1. The summed E-state index contributed by atoms with van der Waals surface area (Å²) >= 11 is 4.57. The number of aryl methyl sites for hydroxylation is 1. The van der Waals surface area contributed by atoms with Gasteiger partial charge in [0.05, 0.1) is 21.2 Å². The summed E-state index contributed by atoms with van der Waals surface area (Å²) in [5, 5.41) is 12.6. The molecule has 0 aliphatic heterocycles. The molecular formula is C23H23N5OS3. The molecule has 4 aromatic rings. The molecule has 1 unspecified atom stereocenters. The molecule has 1 N–H and O–H groups in total. The van der Waals surface area contributed by atoms with Crippen molar-refractivity contribution < 1.29 is 4.79 Å². The van der Waals surface area contributed by atoms with Gasteiger partial charge in [0.15, 0.2) is 10.3 Å². The molecular weight excluding hydrogens is 458 g/mol. The summed E-state index contributed by atoms with van der Waals surface area (Å²) in [6.45, 7) is 8.38. The summed E-state index contributed by atoms with van der Waals surface area (Å²) < 4.78 is 3.06. The minimum atomic E-state index is -0.354. The number of thiazole rings is 1. The summed E-state index contributed by atoms with van der Waals surface area (Å²) in [5.74, 6) is 1.44. The van der Waals surface area contributed by atoms with Crippen molar-refractivity contribution in [1.82, 2.24) is 19.7 Å². The van der Waals surface area contributed by atoms with Crippen LogP contribution in [0.4, 0.5) is 5.13 Å². The van der Waals surface area contributed by atoms with Crippen LogP contribution in [0.1, 0.15) is 18.3 Å². The van der Waals surface area contributed by atoms with Crippen LogP contribution in [0.5, 0.6) is 0 Å². The second kappa shape index (κ2) is 10.3. The van der Waals surface area contributed by atoms with E-state index < -0.39 is 0 Å². The van der Waals surface area contributed by atoms with Crippen molar-refractivity contribution in [2.75, 3.05) is 5.32 Å². The molecule has 1 amide bonds. The predicted molar refractivity (Wildman–Crippen MR) is 135 cm³/mol. The molecule has 9 heteroatoms. The van der Waals surface area contributed by atoms with Gasteiger partial charge in [-0.15, -0.1) is 28.5 Å². The number of rotatable bonds is 9. The van der Waals surface area contributed by atoms with Crippen LogP contribution in [-0.2, 0) is 17.1 Å². The van der Waals surface area contributed by atoms with Crippen LogP contribution in [0.2, 0.25) is 0 Å². The van der Waals surface area contributed by atoms with Gasteiger partial charge in [0.2, 0.25) is 5.91 Å². The Morgan fingerprint density at radius 2 is 2.00 bits per heavy atom. The largest absolute Gasteiger partial charge is 0.301 e. The Balaban J connectivity index is 1.42. The van der Waals surface area contributed by atoms with E-state index in [9.17, 15) is 4.79 Å². The van der Waals surface area contributed by atoms with E-state index in [-0.39, 0.29) is 11.2 Å². The Kier molecular flexibility index (Phi) is 7.29. The van der Waals surface area contributed by atoms with Crippen molar-refractivity contribution in [2.45, 2.75) is 41.4 Å². The van der Waals surface area contributed by atoms with Crippen molar-refractivity contribution in [3.8, 4) is 0 Å². The number of nitrogens with one attached hydrogen (secondary N) is 1. The molecule has 2 aromatic carbocycles. The standard InChI is InChI=1S/C23H23N5OS3/c1-4-13-28-20(14-30-17-11-9-15(2)10-12-17)26-27-23(28)31-16(3)21(29)25-22-24-18-7-5-6-8-19(18)32-22/h4-12,16H,1,13-14H2,2-3H3,(H,24,25,29). The van der Waals surface area contributed by atoms with Gasteiger partial charge in [-0.3, -0.25) is 4.79 Å². The summed E-state index contributed by atoms with van der Waals surface area (Å²) in [6.07, 6.45) is 1.82. The molecule has 0 bridgehead atoms. The molecule has 32 heavy (non-hydrogen) atoms. The van der Waals surface area contributed by atoms with E-state index >= 15 is 0 Å². The first-order chi connectivity index (χ1) is 15.5. The third-order valence-electron chi connectivity index (χ3n) is 4.67. The molecule has 0 aliphatic rings. The van der Waals surface area contributed by atoms with Crippen molar-refractivity contribution in [2.24, 2.45) is 0 Å². The van der Waals surface area contributed by atoms with E-state index in [1.807, 2.05) is 41.8 Å². The predicted octanol–water partition coefficient (Wildman–Crippen LogP) is 5.79. The Morgan fingerprint density at radius 3 is 2.75 bits per heavy atom. The quantitative estimate of drug-likeness (QED) is 0.241. The van der Waals surface area contributed by atoms with Crippen molar-refractivity contribution in [1.29, 1.82) is 0 Å². The number of carbonyl (C=O) groups is 1. The van der Waals surface area contributed by atoms with Gasteiger partial charge in [-0.25, -0.2) is 4.98 Å². The zero-order chi connectivity index (χ0) is 22.5. The number of nitrogens with zero attached hydrogens (tertiary/aromatic N) is 4. The summed E-state index contributed by atoms with van der Waals surface area (Å²) in [7, 11) is 0. The fourth-order valence-electron chi connectivity index (χ4n) is 2.95. The highest BCUT2D eigenvalue weighted by Crippen LogP contribution is 2.29. The van der Waals surface area contributed by atoms with E-state index in [1.54, 1.807) is 11.8 Å². The maximum absolute atomic E-state index is 12.8. The number of hydrogen-bond acceptors (Lipinski definition) is 7. The summed E-state index contributed by atoms with van der Waals surface area (Å²) in [5.41, 5.74) is 2.12. The minimum absolute atomic E-state index is 0.113. The van der Waals surface area contributed by atoms with E-state index in [0.717, 1.165) is 16.0 Å². The Bertz CT molecular complexity index is 1200. The average Bonchev–Trinajstić information content (AvgIpc) is 3.37. The van der Waals surface area contributed by atoms with Crippen LogP contribution in [-0.4, -0.2) is 30.9 Å². The summed E-state index contributed by atoms with van der Waals surface area (Å²) in [6, 6.07) is 16.3. The third-order valence-corrected chi connectivity index (χ3v) is 7.71. The highest BCUT2D eigenvalue weighted by molar-refractivity contribution is 8.00. The van der Waals surface area contributed by atoms with Crippen LogP contribution < -0.4 is 5.32 Å². The van der Waals surface area contributed by atoms with Gasteiger partial charge in [0.25, 0.3) is 0 Å². The summed E-state index contributed by atoms with van der Waals surface area (Å²) in [4.78, 5) is 18.4. The van der Waals surface area contributed by atoms with E-state index in [2.05, 4.69) is 58.3 Å². The lowest BCUT2D eigenvalue weighted by molar-refractivity contribution is -0.115. The third kappa shape index (κ3) is 5.40. The van der Waals surface area contributed by atoms with Crippen LogP contribution in [0.15, 0.2) is 71.2 Å². The van der Waals surface area contributed by atoms with Gasteiger partial charge in [-0.2, -0.15) is 0 Å². The van der Waals surface area contributed by atoms with Gasteiger partial charge >= 0.3 is 0 Å². The number of thioether (sulfide) groups is 2. The molecule has 0 saturated carbocycles. The Morgan fingerprint density at radius 1 is 1.22 bits per heavy atom. The van der Waals surface area contributed by atoms with E-state index in [1.165, 1.54) is 33.6 Å². The molecule has 0 fully saturated rings. The molecule has 164 valence electrons. The van der Waals surface area contributed by atoms with E-state index in [4.69, 9.17) is 0 Å². The SMILES string of the molecule is C=CCn1c(CSc2ccc(C)cc2)nnc1SC(C)C(=O)Nc1nc2ccccc2s1. The fraction of sp³-hybridized carbons (Fsp3) is 0.217. The lowest BCUT2D eigenvalue weighted by Crippen LogP contribution is -2.22. The zero-order valence-corrected chi connectivity index (χ0v) is 20.3. The van der Waals surface area contributed by atoms with Crippen LogP contribution >= 0.6 is 34.9 Å². The van der Waals surface area contributed by atoms with Gasteiger partial charge in [-0.1, -0.05) is 59.0 Å².